The van der Waals surface area contributed by atoms with Crippen LogP contribution in [0.5, 0.6) is 0 Å². The molecule has 132 valence electrons. The third-order valence-corrected chi connectivity index (χ3v) is 3.77. The molecule has 0 atom stereocenters. The Hall–Kier alpha value is -3.21. The zero-order valence-corrected chi connectivity index (χ0v) is 14.1. The van der Waals surface area contributed by atoms with Crippen LogP contribution in [-0.4, -0.2) is 54.6 Å². The van der Waals surface area contributed by atoms with Gasteiger partial charge in [0.2, 0.25) is 0 Å². The van der Waals surface area contributed by atoms with Crippen LogP contribution in [0.1, 0.15) is 6.92 Å². The van der Waals surface area contributed by atoms with Gasteiger partial charge in [0.25, 0.3) is 5.91 Å². The zero-order valence-electron chi connectivity index (χ0n) is 14.1. The highest BCUT2D eigenvalue weighted by Crippen LogP contribution is 2.13. The quantitative estimate of drug-likeness (QED) is 0.625. The summed E-state index contributed by atoms with van der Waals surface area (Å²) >= 11 is 0. The van der Waals surface area contributed by atoms with Crippen molar-refractivity contribution in [3.63, 3.8) is 0 Å². The first-order valence-electron chi connectivity index (χ1n) is 7.99. The molecule has 1 aliphatic rings. The van der Waals surface area contributed by atoms with Crippen LogP contribution in [0.4, 0.5) is 10.5 Å². The zero-order chi connectivity index (χ0) is 18.2. The van der Waals surface area contributed by atoms with Crippen LogP contribution in [0.2, 0.25) is 0 Å². The number of rotatable bonds is 4. The van der Waals surface area contributed by atoms with Crippen LogP contribution >= 0.6 is 0 Å². The van der Waals surface area contributed by atoms with Gasteiger partial charge in [0.05, 0.1) is 6.61 Å². The van der Waals surface area contributed by atoms with Crippen LogP contribution in [0.15, 0.2) is 41.7 Å². The molecule has 0 unspecified atom stereocenters. The number of nitrogens with one attached hydrogen (secondary N) is 1. The van der Waals surface area contributed by atoms with E-state index in [0.717, 1.165) is 0 Å². The number of hydrogen-bond acceptors (Lipinski definition) is 6. The molecular weight excluding hydrogens is 322 g/mol. The van der Waals surface area contributed by atoms with Gasteiger partial charge in [-0.15, -0.1) is 0 Å². The maximum absolute atomic E-state index is 12.3. The van der Waals surface area contributed by atoms with E-state index in [1.807, 2.05) is 12.1 Å². The molecule has 1 aromatic carbocycles. The van der Waals surface area contributed by atoms with E-state index in [1.54, 1.807) is 41.0 Å². The Labute approximate surface area is 146 Å². The van der Waals surface area contributed by atoms with Crippen molar-refractivity contribution in [2.45, 2.75) is 6.92 Å². The van der Waals surface area contributed by atoms with E-state index in [9.17, 15) is 14.9 Å². The smallest absolute Gasteiger partial charge is 0.409 e. The number of piperazine rings is 1. The monoisotopic (exact) mass is 343 g/mol. The largest absolute Gasteiger partial charge is 0.450 e. The van der Waals surface area contributed by atoms with Crippen molar-refractivity contribution in [2.75, 3.05) is 38.1 Å². The standard InChI is InChI=1S/C17H21N5O3/c1-2-25-17(24)22-10-8-21(9-11-22)15(19)14(12-18)16(23)20-13-6-4-3-5-7-13/h3-7H,2,8-11,19H2,1H3,(H,20,23)/b15-14+. The van der Waals surface area contributed by atoms with Crippen molar-refractivity contribution in [2.24, 2.45) is 5.73 Å². The SMILES string of the molecule is CCOC(=O)N1CCN(/C(N)=C(\C#N)C(=O)Nc2ccccc2)CC1. The number of hydrogen-bond donors (Lipinski definition) is 2. The highest BCUT2D eigenvalue weighted by atomic mass is 16.6. The van der Waals surface area contributed by atoms with Crippen molar-refractivity contribution < 1.29 is 14.3 Å². The average Bonchev–Trinajstić information content (AvgIpc) is 2.63. The Kier molecular flexibility index (Phi) is 6.23. The van der Waals surface area contributed by atoms with Gasteiger partial charge in [-0.1, -0.05) is 18.2 Å². The van der Waals surface area contributed by atoms with Crippen molar-refractivity contribution in [1.29, 1.82) is 5.26 Å². The van der Waals surface area contributed by atoms with E-state index in [-0.39, 0.29) is 17.5 Å². The summed E-state index contributed by atoms with van der Waals surface area (Å²) in [6.45, 7) is 3.75. The molecule has 0 radical (unpaired) electrons. The summed E-state index contributed by atoms with van der Waals surface area (Å²) in [4.78, 5) is 27.3. The molecule has 2 amide bonds. The average molecular weight is 343 g/mol. The minimum Gasteiger partial charge on any atom is -0.450 e. The number of carbonyl (C=O) groups is 2. The molecule has 2 rings (SSSR count). The van der Waals surface area contributed by atoms with E-state index < -0.39 is 5.91 Å². The third kappa shape index (κ3) is 4.64. The number of nitrogens with two attached hydrogens (primary N) is 1. The van der Waals surface area contributed by atoms with Crippen molar-refractivity contribution in [3.05, 3.63) is 41.7 Å². The minimum absolute atomic E-state index is 0.111. The Morgan fingerprint density at radius 1 is 1.20 bits per heavy atom. The molecule has 0 bridgehead atoms. The molecule has 0 saturated carbocycles. The molecule has 0 aliphatic carbocycles. The van der Waals surface area contributed by atoms with Gasteiger partial charge in [-0.25, -0.2) is 4.79 Å². The summed E-state index contributed by atoms with van der Waals surface area (Å²) in [6, 6.07) is 10.7. The Bertz CT molecular complexity index is 688. The first-order valence-corrected chi connectivity index (χ1v) is 7.99. The van der Waals surface area contributed by atoms with Gasteiger partial charge in [0.15, 0.2) is 5.57 Å². The summed E-state index contributed by atoms with van der Waals surface area (Å²) in [6.07, 6.45) is -0.368. The number of nitrogens with zero attached hydrogens (tertiary/aromatic N) is 3. The topological polar surface area (TPSA) is 112 Å². The maximum Gasteiger partial charge on any atom is 0.409 e. The second-order valence-electron chi connectivity index (χ2n) is 5.37. The number of amides is 2. The summed E-state index contributed by atoms with van der Waals surface area (Å²) in [5.41, 5.74) is 6.46. The summed E-state index contributed by atoms with van der Waals surface area (Å²) in [5, 5.41) is 12.0. The number of ether oxygens (including phenoxy) is 1. The van der Waals surface area contributed by atoms with Gasteiger partial charge >= 0.3 is 6.09 Å². The molecular formula is C17H21N5O3. The Morgan fingerprint density at radius 2 is 1.80 bits per heavy atom. The first kappa shape index (κ1) is 18.1. The second-order valence-corrected chi connectivity index (χ2v) is 5.37. The highest BCUT2D eigenvalue weighted by Gasteiger charge is 2.25. The molecule has 1 fully saturated rings. The van der Waals surface area contributed by atoms with Gasteiger partial charge in [0, 0.05) is 31.9 Å². The molecule has 1 heterocycles. The number of carbonyl (C=O) groups excluding carboxylic acids is 2. The van der Waals surface area contributed by atoms with E-state index in [1.165, 1.54) is 0 Å². The Morgan fingerprint density at radius 3 is 2.36 bits per heavy atom. The predicted octanol–water partition coefficient (Wildman–Crippen LogP) is 1.09. The molecule has 0 aromatic heterocycles. The van der Waals surface area contributed by atoms with Gasteiger partial charge < -0.3 is 25.6 Å². The van der Waals surface area contributed by atoms with E-state index in [0.29, 0.717) is 38.5 Å². The predicted molar refractivity (Wildman–Crippen MR) is 92.1 cm³/mol. The van der Waals surface area contributed by atoms with Gasteiger partial charge in [-0.2, -0.15) is 5.26 Å². The number of anilines is 1. The van der Waals surface area contributed by atoms with Crippen molar-refractivity contribution >= 4 is 17.7 Å². The molecule has 8 nitrogen and oxygen atoms in total. The van der Waals surface area contributed by atoms with Gasteiger partial charge in [0.1, 0.15) is 11.9 Å². The molecule has 1 saturated heterocycles. The lowest BCUT2D eigenvalue weighted by Crippen LogP contribution is -2.50. The van der Waals surface area contributed by atoms with Crippen molar-refractivity contribution in [1.82, 2.24) is 9.80 Å². The summed E-state index contributed by atoms with van der Waals surface area (Å²) < 4.78 is 4.96. The molecule has 25 heavy (non-hydrogen) atoms. The van der Waals surface area contributed by atoms with Crippen LogP contribution in [0, 0.1) is 11.3 Å². The lowest BCUT2D eigenvalue weighted by Gasteiger charge is -2.35. The van der Waals surface area contributed by atoms with E-state index in [2.05, 4.69) is 5.32 Å². The fourth-order valence-electron chi connectivity index (χ4n) is 2.44. The second kappa shape index (κ2) is 8.59. The Balaban J connectivity index is 2.03. The van der Waals surface area contributed by atoms with Crippen LogP contribution < -0.4 is 11.1 Å². The van der Waals surface area contributed by atoms with Crippen molar-refractivity contribution in [3.8, 4) is 6.07 Å². The van der Waals surface area contributed by atoms with Crippen LogP contribution in [0.25, 0.3) is 0 Å². The third-order valence-electron chi connectivity index (χ3n) is 3.77. The number of para-hydroxylation sites is 1. The van der Waals surface area contributed by atoms with Crippen LogP contribution in [-0.2, 0) is 9.53 Å². The lowest BCUT2D eigenvalue weighted by molar-refractivity contribution is -0.112. The molecule has 1 aromatic rings. The molecule has 0 spiro atoms. The molecule has 3 N–H and O–H groups in total. The minimum atomic E-state index is -0.556. The lowest BCUT2D eigenvalue weighted by atomic mass is 10.2. The summed E-state index contributed by atoms with van der Waals surface area (Å²) in [5.74, 6) is -0.446. The highest BCUT2D eigenvalue weighted by molar-refractivity contribution is 6.06. The molecule has 1 aliphatic heterocycles. The normalized spacial score (nSPS) is 15.0. The van der Waals surface area contributed by atoms with Gasteiger partial charge in [-0.05, 0) is 19.1 Å². The van der Waals surface area contributed by atoms with E-state index >= 15 is 0 Å². The van der Waals surface area contributed by atoms with Gasteiger partial charge in [-0.3, -0.25) is 4.79 Å². The molecule has 8 heteroatoms. The maximum atomic E-state index is 12.3. The fraction of sp³-hybridized carbons (Fsp3) is 0.353. The van der Waals surface area contributed by atoms with Crippen LogP contribution in [0.3, 0.4) is 0 Å². The number of nitriles is 1. The summed E-state index contributed by atoms with van der Waals surface area (Å²) in [7, 11) is 0. The van der Waals surface area contributed by atoms with E-state index in [4.69, 9.17) is 10.5 Å². The number of benzene rings is 1. The first-order chi connectivity index (χ1) is 12.1. The fourth-order valence-corrected chi connectivity index (χ4v) is 2.44.